The van der Waals surface area contributed by atoms with Crippen molar-refractivity contribution in [2.75, 3.05) is 45.1 Å². The summed E-state index contributed by atoms with van der Waals surface area (Å²) < 4.78 is 5.32. The largest absolute Gasteiger partial charge is 0.378 e. The number of carbonyl (C=O) groups is 1. The number of hydrogen-bond donors (Lipinski definition) is 0. The van der Waals surface area contributed by atoms with E-state index < -0.39 is 0 Å². The Labute approximate surface area is 140 Å². The molecular formula is C16H21ClN2O2S. The van der Waals surface area contributed by atoms with Crippen LogP contribution in [-0.2, 0) is 4.74 Å². The lowest BCUT2D eigenvalue weighted by atomic mass is 10.1. The molecule has 0 N–H and O–H groups in total. The molecule has 6 heteroatoms. The van der Waals surface area contributed by atoms with E-state index in [4.69, 9.17) is 16.3 Å². The third-order valence-corrected chi connectivity index (χ3v) is 5.80. The summed E-state index contributed by atoms with van der Waals surface area (Å²) in [6.45, 7) is 4.31. The molecule has 1 atom stereocenters. The van der Waals surface area contributed by atoms with Gasteiger partial charge in [-0.3, -0.25) is 0 Å². The summed E-state index contributed by atoms with van der Waals surface area (Å²) in [5.41, 5.74) is 1.19. The number of hydrogen-bond acceptors (Lipinski definition) is 3. The van der Waals surface area contributed by atoms with Crippen molar-refractivity contribution in [2.45, 2.75) is 11.7 Å². The minimum Gasteiger partial charge on any atom is -0.378 e. The Morgan fingerprint density at radius 3 is 2.64 bits per heavy atom. The summed E-state index contributed by atoms with van der Waals surface area (Å²) in [4.78, 5) is 16.5. The standard InChI is InChI=1S/C16H21ClN2O2S/c17-14-4-2-1-3-13(14)15-5-6-18(9-12-22-15)16(20)19-7-10-21-11-8-19/h1-4,15H,5-12H2. The van der Waals surface area contributed by atoms with Crippen LogP contribution in [0.2, 0.25) is 5.02 Å². The van der Waals surface area contributed by atoms with Gasteiger partial charge >= 0.3 is 6.03 Å². The van der Waals surface area contributed by atoms with E-state index in [9.17, 15) is 4.79 Å². The molecule has 4 nitrogen and oxygen atoms in total. The number of nitrogens with zero attached hydrogens (tertiary/aromatic N) is 2. The number of thioether (sulfide) groups is 1. The van der Waals surface area contributed by atoms with Crippen LogP contribution in [0.15, 0.2) is 24.3 Å². The van der Waals surface area contributed by atoms with E-state index in [2.05, 4.69) is 6.07 Å². The van der Waals surface area contributed by atoms with Gasteiger partial charge in [0.15, 0.2) is 0 Å². The minimum atomic E-state index is 0.156. The second kappa shape index (κ2) is 7.57. The number of halogens is 1. The van der Waals surface area contributed by atoms with E-state index >= 15 is 0 Å². The number of amides is 2. The summed E-state index contributed by atoms with van der Waals surface area (Å²) in [5, 5.41) is 1.20. The zero-order chi connectivity index (χ0) is 15.4. The monoisotopic (exact) mass is 340 g/mol. The molecule has 1 unspecified atom stereocenters. The van der Waals surface area contributed by atoms with Crippen LogP contribution in [0.4, 0.5) is 4.79 Å². The smallest absolute Gasteiger partial charge is 0.320 e. The number of rotatable bonds is 1. The van der Waals surface area contributed by atoms with Gasteiger partial charge in [-0.2, -0.15) is 11.8 Å². The number of morpholine rings is 1. The van der Waals surface area contributed by atoms with Gasteiger partial charge in [0.1, 0.15) is 0 Å². The second-order valence-corrected chi connectivity index (χ2v) is 7.26. The van der Waals surface area contributed by atoms with Crippen molar-refractivity contribution in [1.82, 2.24) is 9.80 Å². The topological polar surface area (TPSA) is 32.8 Å². The highest BCUT2D eigenvalue weighted by atomic mass is 35.5. The number of carbonyl (C=O) groups excluding carboxylic acids is 1. The lowest BCUT2D eigenvalue weighted by molar-refractivity contribution is 0.0438. The van der Waals surface area contributed by atoms with Crippen molar-refractivity contribution in [3.8, 4) is 0 Å². The molecule has 2 amide bonds. The first kappa shape index (κ1) is 16.0. The maximum absolute atomic E-state index is 12.6. The first-order valence-electron chi connectivity index (χ1n) is 7.73. The first-order chi connectivity index (χ1) is 10.8. The van der Waals surface area contributed by atoms with E-state index in [0.717, 1.165) is 30.3 Å². The molecule has 1 aromatic carbocycles. The zero-order valence-corrected chi connectivity index (χ0v) is 14.1. The Morgan fingerprint density at radius 1 is 1.14 bits per heavy atom. The van der Waals surface area contributed by atoms with Crippen molar-refractivity contribution in [3.05, 3.63) is 34.9 Å². The van der Waals surface area contributed by atoms with Gasteiger partial charge in [-0.25, -0.2) is 4.79 Å². The molecule has 22 heavy (non-hydrogen) atoms. The van der Waals surface area contributed by atoms with Crippen molar-refractivity contribution in [1.29, 1.82) is 0 Å². The maximum Gasteiger partial charge on any atom is 0.320 e. The Hall–Kier alpha value is -0.910. The van der Waals surface area contributed by atoms with Crippen LogP contribution in [0.1, 0.15) is 17.2 Å². The van der Waals surface area contributed by atoms with Crippen LogP contribution in [0.5, 0.6) is 0 Å². The molecule has 2 aliphatic rings. The van der Waals surface area contributed by atoms with E-state index in [-0.39, 0.29) is 6.03 Å². The van der Waals surface area contributed by atoms with Crippen molar-refractivity contribution >= 4 is 29.4 Å². The van der Waals surface area contributed by atoms with Crippen LogP contribution in [0.3, 0.4) is 0 Å². The van der Waals surface area contributed by atoms with Crippen LogP contribution in [0.25, 0.3) is 0 Å². The highest BCUT2D eigenvalue weighted by Crippen LogP contribution is 2.37. The predicted molar refractivity (Wildman–Crippen MR) is 90.6 cm³/mol. The molecule has 0 radical (unpaired) electrons. The summed E-state index contributed by atoms with van der Waals surface area (Å²) in [6.07, 6.45) is 0.949. The molecule has 1 aromatic rings. The summed E-state index contributed by atoms with van der Waals surface area (Å²) >= 11 is 8.21. The Morgan fingerprint density at radius 2 is 1.86 bits per heavy atom. The minimum absolute atomic E-state index is 0.156. The fraction of sp³-hybridized carbons (Fsp3) is 0.562. The Kier molecular flexibility index (Phi) is 5.50. The highest BCUT2D eigenvalue weighted by molar-refractivity contribution is 7.99. The van der Waals surface area contributed by atoms with Crippen molar-refractivity contribution in [3.63, 3.8) is 0 Å². The van der Waals surface area contributed by atoms with E-state index in [1.54, 1.807) is 0 Å². The highest BCUT2D eigenvalue weighted by Gasteiger charge is 2.27. The fourth-order valence-electron chi connectivity index (χ4n) is 2.90. The molecule has 3 rings (SSSR count). The number of benzene rings is 1. The molecule has 0 saturated carbocycles. The Balaban J connectivity index is 1.62. The number of urea groups is 1. The van der Waals surface area contributed by atoms with Gasteiger partial charge in [-0.05, 0) is 18.1 Å². The van der Waals surface area contributed by atoms with Crippen molar-refractivity contribution < 1.29 is 9.53 Å². The average molecular weight is 341 g/mol. The fourth-order valence-corrected chi connectivity index (χ4v) is 4.50. The average Bonchev–Trinajstić information content (AvgIpc) is 2.81. The van der Waals surface area contributed by atoms with Crippen LogP contribution >= 0.6 is 23.4 Å². The molecule has 2 saturated heterocycles. The van der Waals surface area contributed by atoms with Gasteiger partial charge in [0.25, 0.3) is 0 Å². The van der Waals surface area contributed by atoms with Gasteiger partial charge < -0.3 is 14.5 Å². The normalized spacial score (nSPS) is 23.2. The Bertz CT molecular complexity index is 523. The second-order valence-electron chi connectivity index (χ2n) is 5.54. The first-order valence-corrected chi connectivity index (χ1v) is 9.16. The third kappa shape index (κ3) is 3.70. The van der Waals surface area contributed by atoms with Crippen LogP contribution in [-0.4, -0.2) is 61.0 Å². The van der Waals surface area contributed by atoms with Gasteiger partial charge in [0.05, 0.1) is 13.2 Å². The maximum atomic E-state index is 12.6. The van der Waals surface area contributed by atoms with Crippen LogP contribution < -0.4 is 0 Å². The molecule has 2 heterocycles. The lowest BCUT2D eigenvalue weighted by Crippen LogP contribution is -2.48. The van der Waals surface area contributed by atoms with Gasteiger partial charge in [-0.15, -0.1) is 0 Å². The van der Waals surface area contributed by atoms with E-state index in [1.807, 2.05) is 39.8 Å². The van der Waals surface area contributed by atoms with Gasteiger partial charge in [0.2, 0.25) is 0 Å². The quantitative estimate of drug-likeness (QED) is 0.786. The van der Waals surface area contributed by atoms with E-state index in [1.165, 1.54) is 5.56 Å². The molecule has 0 spiro atoms. The SMILES string of the molecule is O=C(N1CCOCC1)N1CCSC(c2ccccc2Cl)CC1. The molecule has 2 aliphatic heterocycles. The molecule has 0 bridgehead atoms. The summed E-state index contributed by atoms with van der Waals surface area (Å²) in [6, 6.07) is 8.19. The summed E-state index contributed by atoms with van der Waals surface area (Å²) in [7, 11) is 0. The zero-order valence-electron chi connectivity index (χ0n) is 12.5. The van der Waals surface area contributed by atoms with Gasteiger partial charge in [0, 0.05) is 42.2 Å². The molecule has 0 aromatic heterocycles. The van der Waals surface area contributed by atoms with E-state index in [0.29, 0.717) is 31.6 Å². The summed E-state index contributed by atoms with van der Waals surface area (Å²) in [5.74, 6) is 0.950. The molecule has 2 fully saturated rings. The molecule has 0 aliphatic carbocycles. The molecular weight excluding hydrogens is 320 g/mol. The van der Waals surface area contributed by atoms with Gasteiger partial charge in [-0.1, -0.05) is 29.8 Å². The third-order valence-electron chi connectivity index (χ3n) is 4.15. The number of ether oxygens (including phenoxy) is 1. The van der Waals surface area contributed by atoms with Crippen molar-refractivity contribution in [2.24, 2.45) is 0 Å². The van der Waals surface area contributed by atoms with Crippen LogP contribution in [0, 0.1) is 0 Å². The lowest BCUT2D eigenvalue weighted by Gasteiger charge is -2.32. The predicted octanol–water partition coefficient (Wildman–Crippen LogP) is 3.27. The molecule has 120 valence electrons.